The SMILES string of the molecule is Cc1nc(CCNC2CCSC2)cs1. The van der Waals surface area contributed by atoms with Gasteiger partial charge in [0.1, 0.15) is 0 Å². The molecule has 4 heteroatoms. The molecule has 1 unspecified atom stereocenters. The summed E-state index contributed by atoms with van der Waals surface area (Å²) in [4.78, 5) is 4.45. The summed E-state index contributed by atoms with van der Waals surface area (Å²) in [6, 6.07) is 0.750. The normalized spacial score (nSPS) is 21.6. The molecule has 1 N–H and O–H groups in total. The fourth-order valence-corrected chi connectivity index (χ4v) is 3.46. The van der Waals surface area contributed by atoms with E-state index in [-0.39, 0.29) is 0 Å². The predicted molar refractivity (Wildman–Crippen MR) is 64.3 cm³/mol. The molecule has 0 bridgehead atoms. The van der Waals surface area contributed by atoms with Crippen LogP contribution in [0.3, 0.4) is 0 Å². The largest absolute Gasteiger partial charge is 0.313 e. The number of thiazole rings is 1. The Kier molecular flexibility index (Phi) is 3.84. The van der Waals surface area contributed by atoms with Gasteiger partial charge in [-0.1, -0.05) is 0 Å². The summed E-state index contributed by atoms with van der Waals surface area (Å²) in [6.45, 7) is 3.14. The van der Waals surface area contributed by atoms with Crippen molar-refractivity contribution in [2.24, 2.45) is 0 Å². The molecule has 1 aromatic heterocycles. The van der Waals surface area contributed by atoms with Crippen molar-refractivity contribution in [1.29, 1.82) is 0 Å². The molecule has 1 aliphatic heterocycles. The van der Waals surface area contributed by atoms with Gasteiger partial charge in [0.25, 0.3) is 0 Å². The Morgan fingerprint density at radius 2 is 2.57 bits per heavy atom. The molecular weight excluding hydrogens is 212 g/mol. The molecule has 1 saturated heterocycles. The molecule has 2 rings (SSSR count). The van der Waals surface area contributed by atoms with E-state index >= 15 is 0 Å². The van der Waals surface area contributed by atoms with Gasteiger partial charge in [-0.25, -0.2) is 4.98 Å². The lowest BCUT2D eigenvalue weighted by molar-refractivity contribution is 0.558. The van der Waals surface area contributed by atoms with Gasteiger partial charge in [0.05, 0.1) is 10.7 Å². The first-order valence-corrected chi connectivity index (χ1v) is 7.10. The quantitative estimate of drug-likeness (QED) is 0.854. The minimum atomic E-state index is 0.750. The van der Waals surface area contributed by atoms with Crippen LogP contribution in [0.4, 0.5) is 0 Å². The van der Waals surface area contributed by atoms with Crippen molar-refractivity contribution in [3.05, 3.63) is 16.1 Å². The number of nitrogens with zero attached hydrogens (tertiary/aromatic N) is 1. The third kappa shape index (κ3) is 2.97. The fraction of sp³-hybridized carbons (Fsp3) is 0.700. The fourth-order valence-electron chi connectivity index (χ4n) is 1.62. The summed E-state index contributed by atoms with van der Waals surface area (Å²) in [5, 5.41) is 6.93. The second kappa shape index (κ2) is 5.14. The maximum absolute atomic E-state index is 4.45. The molecule has 78 valence electrons. The van der Waals surface area contributed by atoms with E-state index in [9.17, 15) is 0 Å². The molecule has 2 heterocycles. The van der Waals surface area contributed by atoms with Crippen molar-refractivity contribution in [3.63, 3.8) is 0 Å². The number of thioether (sulfide) groups is 1. The Bertz CT molecular complexity index is 279. The standard InChI is InChI=1S/C10H16N2S2/c1-8-12-10(7-14-8)2-4-11-9-3-5-13-6-9/h7,9,11H,2-6H2,1H3. The molecule has 0 saturated carbocycles. The van der Waals surface area contributed by atoms with Crippen LogP contribution in [-0.2, 0) is 6.42 Å². The van der Waals surface area contributed by atoms with Crippen LogP contribution >= 0.6 is 23.1 Å². The van der Waals surface area contributed by atoms with E-state index in [1.54, 1.807) is 11.3 Å². The summed E-state index contributed by atoms with van der Waals surface area (Å²) < 4.78 is 0. The zero-order valence-corrected chi connectivity index (χ0v) is 10.1. The Morgan fingerprint density at radius 1 is 1.64 bits per heavy atom. The highest BCUT2D eigenvalue weighted by Gasteiger charge is 2.13. The topological polar surface area (TPSA) is 24.9 Å². The van der Waals surface area contributed by atoms with Crippen LogP contribution in [0.5, 0.6) is 0 Å². The smallest absolute Gasteiger partial charge is 0.0897 e. The second-order valence-corrected chi connectivity index (χ2v) is 5.83. The van der Waals surface area contributed by atoms with Crippen LogP contribution in [0.15, 0.2) is 5.38 Å². The average Bonchev–Trinajstić information content (AvgIpc) is 2.77. The van der Waals surface area contributed by atoms with Gasteiger partial charge in [-0.2, -0.15) is 11.8 Å². The van der Waals surface area contributed by atoms with Crippen LogP contribution < -0.4 is 5.32 Å². The van der Waals surface area contributed by atoms with Crippen LogP contribution in [0.1, 0.15) is 17.1 Å². The first kappa shape index (κ1) is 10.5. The van der Waals surface area contributed by atoms with E-state index in [1.165, 1.54) is 28.6 Å². The third-order valence-corrected chi connectivity index (χ3v) is 4.40. The van der Waals surface area contributed by atoms with Crippen LogP contribution in [-0.4, -0.2) is 29.1 Å². The maximum Gasteiger partial charge on any atom is 0.0897 e. The Morgan fingerprint density at radius 3 is 3.21 bits per heavy atom. The molecule has 0 aromatic carbocycles. The Balaban J connectivity index is 1.67. The summed E-state index contributed by atoms with van der Waals surface area (Å²) in [5.74, 6) is 2.61. The molecule has 14 heavy (non-hydrogen) atoms. The molecule has 0 spiro atoms. The number of hydrogen-bond donors (Lipinski definition) is 1. The van der Waals surface area contributed by atoms with Crippen LogP contribution in [0, 0.1) is 6.92 Å². The zero-order valence-electron chi connectivity index (χ0n) is 8.45. The molecule has 1 atom stereocenters. The zero-order chi connectivity index (χ0) is 9.80. The van der Waals surface area contributed by atoms with Gasteiger partial charge < -0.3 is 5.32 Å². The molecule has 2 nitrogen and oxygen atoms in total. The van der Waals surface area contributed by atoms with Gasteiger partial charge in [0, 0.05) is 30.1 Å². The molecule has 0 radical (unpaired) electrons. The van der Waals surface area contributed by atoms with Gasteiger partial charge >= 0.3 is 0 Å². The minimum Gasteiger partial charge on any atom is -0.313 e. The van der Waals surface area contributed by atoms with Gasteiger partial charge in [-0.3, -0.25) is 0 Å². The monoisotopic (exact) mass is 228 g/mol. The van der Waals surface area contributed by atoms with Crippen molar-refractivity contribution in [3.8, 4) is 0 Å². The van der Waals surface area contributed by atoms with Gasteiger partial charge in [-0.15, -0.1) is 11.3 Å². The molecule has 1 aliphatic rings. The van der Waals surface area contributed by atoms with E-state index in [2.05, 4.69) is 34.4 Å². The highest BCUT2D eigenvalue weighted by Crippen LogP contribution is 2.16. The molecule has 0 aliphatic carbocycles. The maximum atomic E-state index is 4.45. The Labute approximate surface area is 93.5 Å². The molecule has 1 aromatic rings. The van der Waals surface area contributed by atoms with Crippen LogP contribution in [0.25, 0.3) is 0 Å². The number of hydrogen-bond acceptors (Lipinski definition) is 4. The van der Waals surface area contributed by atoms with E-state index < -0.39 is 0 Å². The third-order valence-electron chi connectivity index (χ3n) is 2.41. The predicted octanol–water partition coefficient (Wildman–Crippen LogP) is 2.09. The van der Waals surface area contributed by atoms with Crippen molar-refractivity contribution in [1.82, 2.24) is 10.3 Å². The van der Waals surface area contributed by atoms with E-state index in [4.69, 9.17) is 0 Å². The van der Waals surface area contributed by atoms with Gasteiger partial charge in [0.15, 0.2) is 0 Å². The number of aromatic nitrogens is 1. The summed E-state index contributed by atoms with van der Waals surface area (Å²) in [6.07, 6.45) is 2.41. The van der Waals surface area contributed by atoms with Crippen molar-refractivity contribution in [2.75, 3.05) is 18.1 Å². The second-order valence-electron chi connectivity index (χ2n) is 3.62. The van der Waals surface area contributed by atoms with Crippen LogP contribution in [0.2, 0.25) is 0 Å². The minimum absolute atomic E-state index is 0.750. The average molecular weight is 228 g/mol. The number of rotatable bonds is 4. The van der Waals surface area contributed by atoms with Gasteiger partial charge in [-0.05, 0) is 19.1 Å². The Hall–Kier alpha value is -0.0600. The highest BCUT2D eigenvalue weighted by molar-refractivity contribution is 7.99. The highest BCUT2D eigenvalue weighted by atomic mass is 32.2. The molecule has 0 amide bonds. The molecule has 1 fully saturated rings. The molecular formula is C10H16N2S2. The summed E-state index contributed by atoms with van der Waals surface area (Å²) >= 11 is 3.80. The first-order valence-electron chi connectivity index (χ1n) is 5.07. The van der Waals surface area contributed by atoms with E-state index in [1.807, 2.05) is 0 Å². The summed E-state index contributed by atoms with van der Waals surface area (Å²) in [7, 11) is 0. The lowest BCUT2D eigenvalue weighted by Gasteiger charge is -2.09. The van der Waals surface area contributed by atoms with Crippen molar-refractivity contribution >= 4 is 23.1 Å². The number of nitrogens with one attached hydrogen (secondary N) is 1. The van der Waals surface area contributed by atoms with Gasteiger partial charge in [0.2, 0.25) is 0 Å². The lowest BCUT2D eigenvalue weighted by Crippen LogP contribution is -2.30. The van der Waals surface area contributed by atoms with Crippen molar-refractivity contribution in [2.45, 2.75) is 25.8 Å². The summed E-state index contributed by atoms with van der Waals surface area (Å²) in [5.41, 5.74) is 1.24. The number of aryl methyl sites for hydroxylation is 1. The first-order chi connectivity index (χ1) is 6.84. The lowest BCUT2D eigenvalue weighted by atomic mass is 10.2. The van der Waals surface area contributed by atoms with Crippen molar-refractivity contribution < 1.29 is 0 Å². The van der Waals surface area contributed by atoms with E-state index in [0.29, 0.717) is 0 Å². The van der Waals surface area contributed by atoms with E-state index in [0.717, 1.165) is 19.0 Å².